The topological polar surface area (TPSA) is 43.0 Å². The molecule has 0 saturated carbocycles. The van der Waals surface area contributed by atoms with E-state index in [0.29, 0.717) is 18.2 Å². The van der Waals surface area contributed by atoms with Crippen molar-refractivity contribution in [3.8, 4) is 11.5 Å². The van der Waals surface area contributed by atoms with E-state index < -0.39 is 0 Å². The molecule has 0 bridgehead atoms. The molecular weight excluding hydrogens is 456 g/mol. The van der Waals surface area contributed by atoms with Gasteiger partial charge in [-0.05, 0) is 42.3 Å². The van der Waals surface area contributed by atoms with E-state index in [2.05, 4.69) is 26.1 Å². The Kier molecular flexibility index (Phi) is 9.08. The van der Waals surface area contributed by atoms with Crippen LogP contribution in [0.5, 0.6) is 11.5 Å². The number of ether oxygens (including phenoxy) is 3. The van der Waals surface area contributed by atoms with E-state index in [1.54, 1.807) is 0 Å². The smallest absolute Gasteiger partial charge is 0.162 e. The summed E-state index contributed by atoms with van der Waals surface area (Å²) in [5, 5.41) is 4.22. The Balaban J connectivity index is 1.57. The van der Waals surface area contributed by atoms with Crippen molar-refractivity contribution in [2.75, 3.05) is 46.0 Å². The number of halogens is 2. The summed E-state index contributed by atoms with van der Waals surface area (Å²) in [5.74, 6) is 1.47. The molecule has 158 valence electrons. The second-order valence-corrected chi connectivity index (χ2v) is 8.16. The van der Waals surface area contributed by atoms with Gasteiger partial charge in [0.05, 0.1) is 19.8 Å². The Hall–Kier alpha value is -1.31. The molecule has 1 aliphatic rings. The van der Waals surface area contributed by atoms with Gasteiger partial charge in [0.2, 0.25) is 0 Å². The summed E-state index contributed by atoms with van der Waals surface area (Å²) in [5.41, 5.74) is 2.16. The molecule has 1 heterocycles. The van der Waals surface area contributed by atoms with E-state index in [-0.39, 0.29) is 0 Å². The summed E-state index contributed by atoms with van der Waals surface area (Å²) in [6.07, 6.45) is 0. The third kappa shape index (κ3) is 7.15. The molecule has 0 atom stereocenters. The summed E-state index contributed by atoms with van der Waals surface area (Å²) < 4.78 is 18.2. The summed E-state index contributed by atoms with van der Waals surface area (Å²) in [6.45, 7) is 9.41. The fourth-order valence-corrected chi connectivity index (χ4v) is 3.84. The molecular formula is C22H28BrClN2O3. The van der Waals surface area contributed by atoms with Crippen molar-refractivity contribution >= 4 is 27.5 Å². The van der Waals surface area contributed by atoms with Crippen LogP contribution in [0.3, 0.4) is 0 Å². The Bertz CT molecular complexity index is 785. The molecule has 0 aliphatic carbocycles. The van der Waals surface area contributed by atoms with E-state index in [4.69, 9.17) is 25.8 Å². The minimum Gasteiger partial charge on any atom is -0.490 e. The number of benzene rings is 2. The van der Waals surface area contributed by atoms with Crippen LogP contribution in [0.2, 0.25) is 5.02 Å². The minimum atomic E-state index is 0.435. The van der Waals surface area contributed by atoms with Crippen LogP contribution >= 0.6 is 27.5 Å². The summed E-state index contributed by atoms with van der Waals surface area (Å²) in [6, 6.07) is 11.7. The zero-order valence-electron chi connectivity index (χ0n) is 16.8. The maximum Gasteiger partial charge on any atom is 0.162 e. The van der Waals surface area contributed by atoms with Crippen molar-refractivity contribution in [3.63, 3.8) is 0 Å². The number of nitrogens with zero attached hydrogens (tertiary/aromatic N) is 1. The molecule has 1 aliphatic heterocycles. The highest BCUT2D eigenvalue weighted by molar-refractivity contribution is 9.10. The molecule has 1 fully saturated rings. The first-order valence-electron chi connectivity index (χ1n) is 9.99. The van der Waals surface area contributed by atoms with E-state index >= 15 is 0 Å². The first-order valence-corrected chi connectivity index (χ1v) is 11.2. The number of rotatable bonds is 10. The number of nitrogens with one attached hydrogen (secondary N) is 1. The van der Waals surface area contributed by atoms with Gasteiger partial charge in [0, 0.05) is 42.2 Å². The lowest BCUT2D eigenvalue weighted by Crippen LogP contribution is -2.40. The van der Waals surface area contributed by atoms with Crippen LogP contribution in [-0.4, -0.2) is 50.9 Å². The summed E-state index contributed by atoms with van der Waals surface area (Å²) in [4.78, 5) is 2.42. The SMILES string of the molecule is CCOc1cc(CNCCN2CCOCC2)c(Br)cc1OCc1cccc(Cl)c1. The van der Waals surface area contributed by atoms with Gasteiger partial charge in [-0.15, -0.1) is 0 Å². The highest BCUT2D eigenvalue weighted by Gasteiger charge is 2.13. The molecule has 0 spiro atoms. The lowest BCUT2D eigenvalue weighted by Gasteiger charge is -2.26. The highest BCUT2D eigenvalue weighted by atomic mass is 79.9. The van der Waals surface area contributed by atoms with Crippen molar-refractivity contribution in [1.29, 1.82) is 0 Å². The molecule has 7 heteroatoms. The normalized spacial score (nSPS) is 14.7. The Labute approximate surface area is 186 Å². The van der Waals surface area contributed by atoms with Crippen LogP contribution in [0.25, 0.3) is 0 Å². The van der Waals surface area contributed by atoms with E-state index in [1.165, 1.54) is 0 Å². The molecule has 2 aromatic rings. The van der Waals surface area contributed by atoms with Crippen LogP contribution in [0.1, 0.15) is 18.1 Å². The first kappa shape index (κ1) is 22.4. The van der Waals surface area contributed by atoms with Crippen molar-refractivity contribution in [2.45, 2.75) is 20.1 Å². The van der Waals surface area contributed by atoms with Gasteiger partial charge in [-0.1, -0.05) is 39.7 Å². The Morgan fingerprint density at radius 3 is 2.69 bits per heavy atom. The molecule has 0 aromatic heterocycles. The van der Waals surface area contributed by atoms with Gasteiger partial charge in [-0.25, -0.2) is 0 Å². The molecule has 5 nitrogen and oxygen atoms in total. The molecule has 1 N–H and O–H groups in total. The van der Waals surface area contributed by atoms with Gasteiger partial charge in [0.25, 0.3) is 0 Å². The zero-order valence-corrected chi connectivity index (χ0v) is 19.1. The second kappa shape index (κ2) is 11.8. The first-order chi connectivity index (χ1) is 14.2. The monoisotopic (exact) mass is 482 g/mol. The third-order valence-electron chi connectivity index (χ3n) is 4.72. The Morgan fingerprint density at radius 2 is 1.93 bits per heavy atom. The Morgan fingerprint density at radius 1 is 1.14 bits per heavy atom. The lowest BCUT2D eigenvalue weighted by molar-refractivity contribution is 0.0384. The quantitative estimate of drug-likeness (QED) is 0.504. The van der Waals surface area contributed by atoms with Gasteiger partial charge < -0.3 is 19.5 Å². The van der Waals surface area contributed by atoms with Gasteiger partial charge in [0.15, 0.2) is 11.5 Å². The fraction of sp³-hybridized carbons (Fsp3) is 0.455. The molecule has 3 rings (SSSR count). The predicted octanol–water partition coefficient (Wildman–Crippen LogP) is 4.50. The number of hydrogen-bond acceptors (Lipinski definition) is 5. The van der Waals surface area contributed by atoms with Crippen LogP contribution in [0.15, 0.2) is 40.9 Å². The van der Waals surface area contributed by atoms with Gasteiger partial charge in [-0.2, -0.15) is 0 Å². The molecule has 0 amide bonds. The summed E-state index contributed by atoms with van der Waals surface area (Å²) >= 11 is 9.74. The predicted molar refractivity (Wildman–Crippen MR) is 120 cm³/mol. The molecule has 0 unspecified atom stereocenters. The van der Waals surface area contributed by atoms with Crippen molar-refractivity contribution < 1.29 is 14.2 Å². The van der Waals surface area contributed by atoms with E-state index in [1.807, 2.05) is 43.3 Å². The molecule has 1 saturated heterocycles. The van der Waals surface area contributed by atoms with Crippen LogP contribution < -0.4 is 14.8 Å². The van der Waals surface area contributed by atoms with Crippen LogP contribution in [0.4, 0.5) is 0 Å². The molecule has 0 radical (unpaired) electrons. The average molecular weight is 484 g/mol. The van der Waals surface area contributed by atoms with Crippen molar-refractivity contribution in [2.24, 2.45) is 0 Å². The standard InChI is InChI=1S/C22H28BrClN2O3/c1-2-28-21-13-18(15-25-6-7-26-8-10-27-11-9-26)20(23)14-22(21)29-16-17-4-3-5-19(24)12-17/h3-5,12-14,25H,2,6-11,15-16H2,1H3. The largest absolute Gasteiger partial charge is 0.490 e. The van der Waals surface area contributed by atoms with Gasteiger partial charge >= 0.3 is 0 Å². The molecule has 29 heavy (non-hydrogen) atoms. The number of morpholine rings is 1. The maximum absolute atomic E-state index is 6.06. The summed E-state index contributed by atoms with van der Waals surface area (Å²) in [7, 11) is 0. The van der Waals surface area contributed by atoms with E-state index in [0.717, 1.165) is 73.0 Å². The van der Waals surface area contributed by atoms with Crippen molar-refractivity contribution in [1.82, 2.24) is 10.2 Å². The fourth-order valence-electron chi connectivity index (χ4n) is 3.17. The second-order valence-electron chi connectivity index (χ2n) is 6.87. The van der Waals surface area contributed by atoms with Gasteiger partial charge in [-0.3, -0.25) is 4.90 Å². The maximum atomic E-state index is 6.06. The van der Waals surface area contributed by atoms with Crippen LogP contribution in [-0.2, 0) is 17.9 Å². The van der Waals surface area contributed by atoms with Crippen molar-refractivity contribution in [3.05, 3.63) is 57.0 Å². The zero-order chi connectivity index (χ0) is 20.5. The number of hydrogen-bond donors (Lipinski definition) is 1. The molecule has 2 aromatic carbocycles. The average Bonchev–Trinajstić information content (AvgIpc) is 2.73. The minimum absolute atomic E-state index is 0.435. The highest BCUT2D eigenvalue weighted by Crippen LogP contribution is 2.34. The van der Waals surface area contributed by atoms with Gasteiger partial charge in [0.1, 0.15) is 6.61 Å². The van der Waals surface area contributed by atoms with E-state index in [9.17, 15) is 0 Å². The lowest BCUT2D eigenvalue weighted by atomic mass is 10.2. The van der Waals surface area contributed by atoms with Crippen LogP contribution in [0, 0.1) is 0 Å². The third-order valence-corrected chi connectivity index (χ3v) is 5.69.